The number of benzene rings is 2. The molecule has 1 radical (unpaired) electrons. The van der Waals surface area contributed by atoms with E-state index in [0.29, 0.717) is 0 Å². The Labute approximate surface area is 187 Å². The van der Waals surface area contributed by atoms with Gasteiger partial charge in [0.05, 0.1) is 0 Å². The topological polar surface area (TPSA) is 35.6 Å². The van der Waals surface area contributed by atoms with Crippen LogP contribution in [-0.2, 0) is 27.2 Å². The Bertz CT molecular complexity index is 1120. The number of para-hydroxylation sites is 1. The maximum absolute atomic E-state index is 4.38. The van der Waals surface area contributed by atoms with Crippen molar-refractivity contribution in [3.8, 4) is 27.5 Å². The molecule has 3 heterocycles. The van der Waals surface area contributed by atoms with Crippen LogP contribution < -0.4 is 0 Å². The van der Waals surface area contributed by atoms with Crippen molar-refractivity contribution in [2.75, 3.05) is 0 Å². The fourth-order valence-electron chi connectivity index (χ4n) is 2.78. The maximum atomic E-state index is 4.38. The van der Waals surface area contributed by atoms with Gasteiger partial charge in [-0.05, 0) is 18.8 Å². The fraction of sp³-hybridized carbons (Fsp3) is 0.0435. The first-order chi connectivity index (χ1) is 13.8. The molecule has 147 valence electrons. The van der Waals surface area contributed by atoms with Crippen LogP contribution >= 0.6 is 11.3 Å². The van der Waals surface area contributed by atoms with E-state index in [9.17, 15) is 0 Å². The Balaban J connectivity index is 0.000000174. The molecule has 0 N–H and O–H groups in total. The smallest absolute Gasteiger partial charge is 0.0493 e. The van der Waals surface area contributed by atoms with E-state index < -0.39 is 0 Å². The molecule has 5 rings (SSSR count). The van der Waals surface area contributed by atoms with Crippen molar-refractivity contribution in [1.82, 2.24) is 19.3 Å². The quantitative estimate of drug-likeness (QED) is 0.275. The molecule has 0 saturated carbocycles. The van der Waals surface area contributed by atoms with Gasteiger partial charge in [0, 0.05) is 50.7 Å². The fourth-order valence-corrected chi connectivity index (χ4v) is 3.62. The second-order valence-electron chi connectivity index (χ2n) is 6.01. The van der Waals surface area contributed by atoms with Gasteiger partial charge in [-0.25, -0.2) is 11.3 Å². The number of thiophene rings is 1. The Morgan fingerprint density at radius 1 is 0.897 bits per heavy atom. The Morgan fingerprint density at radius 3 is 2.38 bits per heavy atom. The van der Waals surface area contributed by atoms with Crippen molar-refractivity contribution in [1.29, 1.82) is 0 Å². The van der Waals surface area contributed by atoms with E-state index in [2.05, 4.69) is 46.5 Å². The van der Waals surface area contributed by atoms with Gasteiger partial charge >= 0.3 is 0 Å². The molecule has 0 aliphatic heterocycles. The summed E-state index contributed by atoms with van der Waals surface area (Å²) in [6.07, 6.45) is 7.41. The van der Waals surface area contributed by atoms with Gasteiger partial charge in [-0.1, -0.05) is 46.2 Å². The minimum absolute atomic E-state index is 0. The minimum Gasteiger partial charge on any atom is -0.387 e. The number of rotatable bonds is 3. The van der Waals surface area contributed by atoms with Crippen molar-refractivity contribution in [3.63, 3.8) is 0 Å². The summed E-state index contributed by atoms with van der Waals surface area (Å²) in [5, 5.41) is 6.06. The van der Waals surface area contributed by atoms with Gasteiger partial charge in [0.15, 0.2) is 0 Å². The molecular weight excluding hydrogens is 557 g/mol. The van der Waals surface area contributed by atoms with Crippen LogP contribution in [0, 0.1) is 12.1 Å². The summed E-state index contributed by atoms with van der Waals surface area (Å²) < 4.78 is 3.80. The maximum Gasteiger partial charge on any atom is 0.0493 e. The number of nitrogens with zero attached hydrogens (tertiary/aromatic N) is 4. The number of hydrogen-bond donors (Lipinski definition) is 0. The Morgan fingerprint density at radius 2 is 1.72 bits per heavy atom. The third-order valence-corrected chi connectivity index (χ3v) is 5.04. The molecule has 0 fully saturated rings. The van der Waals surface area contributed by atoms with Gasteiger partial charge in [0.1, 0.15) is 0 Å². The largest absolute Gasteiger partial charge is 0.387 e. The number of imidazole rings is 1. The zero-order valence-electron chi connectivity index (χ0n) is 15.7. The molecule has 0 amide bonds. The van der Waals surface area contributed by atoms with Gasteiger partial charge in [-0.3, -0.25) is 4.68 Å². The normalized spacial score (nSPS) is 9.97. The van der Waals surface area contributed by atoms with Crippen molar-refractivity contribution in [2.24, 2.45) is 7.05 Å². The van der Waals surface area contributed by atoms with Gasteiger partial charge in [0.2, 0.25) is 0 Å². The molecule has 0 aliphatic rings. The molecule has 0 unspecified atom stereocenters. The van der Waals surface area contributed by atoms with Crippen LogP contribution in [0.3, 0.4) is 0 Å². The Kier molecular flexibility index (Phi) is 7.30. The van der Waals surface area contributed by atoms with Crippen LogP contribution in [0.25, 0.3) is 27.5 Å². The van der Waals surface area contributed by atoms with Crippen molar-refractivity contribution in [3.05, 3.63) is 103 Å². The van der Waals surface area contributed by atoms with Gasteiger partial charge in [0.25, 0.3) is 0 Å². The standard InChI is InChI=1S/C14H11N2S.C9H7N2.Ir/c1-16-9-8-15-14(16)12-7-10-17-13(12)11-5-3-2-4-6-11;1-2-5-9(6-3-1)11-8-4-7-10-11;/h2-6,8-10H,1H3;1-5,7-8H;/q2*-1;. The molecular formula is C23H18IrN4S-2. The summed E-state index contributed by atoms with van der Waals surface area (Å²) in [6, 6.07) is 26.4. The molecule has 0 bridgehead atoms. The SMILES string of the molecule is Cn1ccnc1-c1[c-]csc1-c1ccccc1.[Ir].[c-]1ccccc1-n1cccn1. The minimum atomic E-state index is 0. The second kappa shape index (κ2) is 10.1. The average molecular weight is 575 g/mol. The molecule has 3 aromatic heterocycles. The molecule has 29 heavy (non-hydrogen) atoms. The molecule has 2 aromatic carbocycles. The summed E-state index contributed by atoms with van der Waals surface area (Å²) in [5.74, 6) is 0.963. The van der Waals surface area contributed by atoms with Crippen molar-refractivity contribution in [2.45, 2.75) is 0 Å². The third-order valence-electron chi connectivity index (χ3n) is 4.13. The summed E-state index contributed by atoms with van der Waals surface area (Å²) in [7, 11) is 2.00. The number of aromatic nitrogens is 4. The van der Waals surface area contributed by atoms with Gasteiger partial charge in [-0.15, -0.1) is 11.6 Å². The predicted octanol–water partition coefficient (Wildman–Crippen LogP) is 5.29. The van der Waals surface area contributed by atoms with Crippen molar-refractivity contribution < 1.29 is 20.1 Å². The Hall–Kier alpha value is -2.79. The molecule has 0 saturated heterocycles. The van der Waals surface area contributed by atoms with Crippen molar-refractivity contribution >= 4 is 11.3 Å². The summed E-state index contributed by atoms with van der Waals surface area (Å²) >= 11 is 1.70. The van der Waals surface area contributed by atoms with E-state index in [-0.39, 0.29) is 20.1 Å². The van der Waals surface area contributed by atoms with Gasteiger partial charge < -0.3 is 9.55 Å². The zero-order chi connectivity index (χ0) is 19.2. The number of aryl methyl sites for hydroxylation is 1. The molecule has 6 heteroatoms. The van der Waals surface area contributed by atoms with E-state index in [4.69, 9.17) is 0 Å². The molecule has 0 atom stereocenters. The average Bonchev–Trinajstić information content (AvgIpc) is 3.51. The third kappa shape index (κ3) is 4.98. The van der Waals surface area contributed by atoms with E-state index in [1.54, 1.807) is 22.2 Å². The first-order valence-corrected chi connectivity index (χ1v) is 9.70. The summed E-state index contributed by atoms with van der Waals surface area (Å²) in [6.45, 7) is 0. The summed E-state index contributed by atoms with van der Waals surface area (Å²) in [4.78, 5) is 5.60. The van der Waals surface area contributed by atoms with E-state index in [1.165, 1.54) is 10.4 Å². The van der Waals surface area contributed by atoms with Crippen LogP contribution in [0.4, 0.5) is 0 Å². The van der Waals surface area contributed by atoms with E-state index >= 15 is 0 Å². The molecule has 0 spiro atoms. The number of hydrogen-bond acceptors (Lipinski definition) is 3. The van der Waals surface area contributed by atoms with Crippen LogP contribution in [0.15, 0.2) is 90.8 Å². The predicted molar refractivity (Wildman–Crippen MR) is 113 cm³/mol. The van der Waals surface area contributed by atoms with Crippen LogP contribution in [0.1, 0.15) is 0 Å². The van der Waals surface area contributed by atoms with E-state index in [0.717, 1.165) is 17.1 Å². The second-order valence-corrected chi connectivity index (χ2v) is 6.89. The molecule has 5 aromatic rings. The first kappa shape index (κ1) is 20.9. The first-order valence-electron chi connectivity index (χ1n) is 8.82. The molecule has 4 nitrogen and oxygen atoms in total. The molecule has 0 aliphatic carbocycles. The van der Waals surface area contributed by atoms with Crippen LogP contribution in [0.5, 0.6) is 0 Å². The van der Waals surface area contributed by atoms with Crippen LogP contribution in [-0.4, -0.2) is 19.3 Å². The summed E-state index contributed by atoms with van der Waals surface area (Å²) in [5.41, 5.74) is 3.27. The van der Waals surface area contributed by atoms with E-state index in [1.807, 2.05) is 72.0 Å². The monoisotopic (exact) mass is 575 g/mol. The van der Waals surface area contributed by atoms with Crippen LogP contribution in [0.2, 0.25) is 0 Å². The zero-order valence-corrected chi connectivity index (χ0v) is 18.9. The van der Waals surface area contributed by atoms with Gasteiger partial charge in [-0.2, -0.15) is 35.4 Å².